The van der Waals surface area contributed by atoms with E-state index in [0.717, 1.165) is 48.1 Å². The number of anilines is 1. The molecule has 0 amide bonds. The van der Waals surface area contributed by atoms with Gasteiger partial charge in [-0.25, -0.2) is 9.97 Å². The zero-order valence-corrected chi connectivity index (χ0v) is 14.8. The van der Waals surface area contributed by atoms with Crippen molar-refractivity contribution < 1.29 is 0 Å². The van der Waals surface area contributed by atoms with E-state index in [9.17, 15) is 0 Å². The van der Waals surface area contributed by atoms with Gasteiger partial charge in [0.25, 0.3) is 0 Å². The number of benzene rings is 1. The summed E-state index contributed by atoms with van der Waals surface area (Å²) in [5, 5.41) is 12.1. The number of aromatic nitrogens is 6. The highest BCUT2D eigenvalue weighted by atomic mass is 15.3. The smallest absolute Gasteiger partial charge is 0.203 e. The van der Waals surface area contributed by atoms with Gasteiger partial charge in [0.2, 0.25) is 5.65 Å². The molecule has 0 spiro atoms. The van der Waals surface area contributed by atoms with Gasteiger partial charge in [-0.1, -0.05) is 12.1 Å². The Morgan fingerprint density at radius 3 is 2.96 bits per heavy atom. The van der Waals surface area contributed by atoms with Crippen LogP contribution in [0.3, 0.4) is 0 Å². The van der Waals surface area contributed by atoms with E-state index in [1.807, 2.05) is 18.5 Å². The third kappa shape index (κ3) is 2.60. The number of para-hydroxylation sites is 2. The molecule has 3 heterocycles. The fraction of sp³-hybridized carbons (Fsp3) is 0.368. The van der Waals surface area contributed by atoms with E-state index in [1.54, 1.807) is 0 Å². The first-order valence-electron chi connectivity index (χ1n) is 9.16. The minimum atomic E-state index is 0.567. The Labute approximate surface area is 151 Å². The van der Waals surface area contributed by atoms with Crippen LogP contribution in [0.15, 0.2) is 36.7 Å². The molecule has 0 saturated heterocycles. The Balaban J connectivity index is 1.28. The standard InChI is InChI=1S/C19H21N7/c1-13-22-15-5-2-3-6-16(15)25(13)11-4-9-20-17-19-24-23-18(14-7-8-14)26(19)12-10-21-17/h2-3,5-6,10,12,14H,4,7-9,11H2,1H3,(H,20,21). The van der Waals surface area contributed by atoms with Crippen molar-refractivity contribution in [2.45, 2.75) is 38.6 Å². The molecule has 1 fully saturated rings. The predicted octanol–water partition coefficient (Wildman–Crippen LogP) is 3.16. The predicted molar refractivity (Wildman–Crippen MR) is 100 cm³/mol. The molecule has 0 radical (unpaired) electrons. The number of aryl methyl sites for hydroxylation is 2. The van der Waals surface area contributed by atoms with Gasteiger partial charge in [-0.2, -0.15) is 0 Å². The van der Waals surface area contributed by atoms with E-state index in [-0.39, 0.29) is 0 Å². The topological polar surface area (TPSA) is 72.9 Å². The zero-order valence-electron chi connectivity index (χ0n) is 14.8. The molecule has 7 nitrogen and oxygen atoms in total. The summed E-state index contributed by atoms with van der Waals surface area (Å²) in [5.41, 5.74) is 3.07. The molecule has 0 bridgehead atoms. The first-order chi connectivity index (χ1) is 12.8. The van der Waals surface area contributed by atoms with Gasteiger partial charge < -0.3 is 9.88 Å². The van der Waals surface area contributed by atoms with Gasteiger partial charge in [-0.3, -0.25) is 4.40 Å². The molecule has 7 heteroatoms. The normalized spacial score (nSPS) is 14.3. The quantitative estimate of drug-likeness (QED) is 0.542. The second kappa shape index (κ2) is 6.09. The molecule has 1 saturated carbocycles. The lowest BCUT2D eigenvalue weighted by molar-refractivity contribution is 0.658. The maximum atomic E-state index is 4.62. The highest BCUT2D eigenvalue weighted by molar-refractivity contribution is 5.75. The van der Waals surface area contributed by atoms with Gasteiger partial charge in [0.05, 0.1) is 11.0 Å². The van der Waals surface area contributed by atoms with E-state index in [4.69, 9.17) is 0 Å². The van der Waals surface area contributed by atoms with Crippen molar-refractivity contribution in [1.82, 2.24) is 29.1 Å². The van der Waals surface area contributed by atoms with Crippen molar-refractivity contribution in [3.05, 3.63) is 48.3 Å². The highest BCUT2D eigenvalue weighted by Crippen LogP contribution is 2.39. The third-order valence-electron chi connectivity index (χ3n) is 4.99. The summed E-state index contributed by atoms with van der Waals surface area (Å²) in [6.45, 7) is 3.80. The number of nitrogens with one attached hydrogen (secondary N) is 1. The van der Waals surface area contributed by atoms with Crippen molar-refractivity contribution in [2.75, 3.05) is 11.9 Å². The van der Waals surface area contributed by atoms with Crippen LogP contribution in [-0.4, -0.2) is 35.7 Å². The maximum absolute atomic E-state index is 4.62. The zero-order chi connectivity index (χ0) is 17.5. The molecule has 1 aliphatic rings. The van der Waals surface area contributed by atoms with Crippen LogP contribution in [0.25, 0.3) is 16.7 Å². The van der Waals surface area contributed by atoms with Crippen LogP contribution in [0.4, 0.5) is 5.82 Å². The number of hydrogen-bond acceptors (Lipinski definition) is 5. The van der Waals surface area contributed by atoms with Gasteiger partial charge in [0.15, 0.2) is 5.82 Å². The Morgan fingerprint density at radius 2 is 2.08 bits per heavy atom. The Bertz CT molecular complexity index is 1070. The van der Waals surface area contributed by atoms with Crippen molar-refractivity contribution in [3.8, 4) is 0 Å². The molecular weight excluding hydrogens is 326 g/mol. The minimum Gasteiger partial charge on any atom is -0.367 e. The lowest BCUT2D eigenvalue weighted by Gasteiger charge is -2.09. The van der Waals surface area contributed by atoms with Crippen LogP contribution < -0.4 is 5.32 Å². The van der Waals surface area contributed by atoms with Crippen LogP contribution in [0.1, 0.15) is 36.8 Å². The van der Waals surface area contributed by atoms with Crippen molar-refractivity contribution in [3.63, 3.8) is 0 Å². The van der Waals surface area contributed by atoms with Gasteiger partial charge in [0, 0.05) is 31.4 Å². The van der Waals surface area contributed by atoms with Gasteiger partial charge in [-0.05, 0) is 38.3 Å². The molecular formula is C19H21N7. The summed E-state index contributed by atoms with van der Waals surface area (Å²) in [7, 11) is 0. The molecule has 4 aromatic rings. The average Bonchev–Trinajstić information content (AvgIpc) is 3.32. The molecule has 5 rings (SSSR count). The molecule has 1 aliphatic carbocycles. The molecule has 132 valence electrons. The first-order valence-corrected chi connectivity index (χ1v) is 9.16. The van der Waals surface area contributed by atoms with Gasteiger partial charge >= 0.3 is 0 Å². The van der Waals surface area contributed by atoms with Crippen molar-refractivity contribution in [1.29, 1.82) is 0 Å². The monoisotopic (exact) mass is 347 g/mol. The summed E-state index contributed by atoms with van der Waals surface area (Å²) in [6.07, 6.45) is 7.18. The van der Waals surface area contributed by atoms with Crippen LogP contribution in [-0.2, 0) is 6.54 Å². The molecule has 0 aliphatic heterocycles. The Hall–Kier alpha value is -2.96. The van der Waals surface area contributed by atoms with Gasteiger partial charge in [-0.15, -0.1) is 10.2 Å². The number of imidazole rings is 1. The molecule has 3 aromatic heterocycles. The van der Waals surface area contributed by atoms with E-state index in [2.05, 4.69) is 59.6 Å². The number of nitrogens with zero attached hydrogens (tertiary/aromatic N) is 6. The third-order valence-corrected chi connectivity index (χ3v) is 4.99. The largest absolute Gasteiger partial charge is 0.367 e. The average molecular weight is 347 g/mol. The number of rotatable bonds is 6. The number of hydrogen-bond donors (Lipinski definition) is 1. The molecule has 1 N–H and O–H groups in total. The van der Waals surface area contributed by atoms with Crippen LogP contribution in [0.2, 0.25) is 0 Å². The van der Waals surface area contributed by atoms with Crippen LogP contribution >= 0.6 is 0 Å². The fourth-order valence-corrected chi connectivity index (χ4v) is 3.51. The van der Waals surface area contributed by atoms with Crippen molar-refractivity contribution in [2.24, 2.45) is 0 Å². The summed E-state index contributed by atoms with van der Waals surface area (Å²) >= 11 is 0. The van der Waals surface area contributed by atoms with Crippen LogP contribution in [0.5, 0.6) is 0 Å². The van der Waals surface area contributed by atoms with Crippen LogP contribution in [0, 0.1) is 6.92 Å². The van der Waals surface area contributed by atoms with Crippen molar-refractivity contribution >= 4 is 22.5 Å². The van der Waals surface area contributed by atoms with E-state index in [1.165, 1.54) is 18.4 Å². The first kappa shape index (κ1) is 15.3. The van der Waals surface area contributed by atoms with E-state index < -0.39 is 0 Å². The SMILES string of the molecule is Cc1nc2ccccc2n1CCCNc1nccn2c(C3CC3)nnc12. The summed E-state index contributed by atoms with van der Waals surface area (Å²) in [6, 6.07) is 8.28. The lowest BCUT2D eigenvalue weighted by Crippen LogP contribution is -2.09. The van der Waals surface area contributed by atoms with E-state index in [0.29, 0.717) is 5.92 Å². The van der Waals surface area contributed by atoms with Gasteiger partial charge in [0.1, 0.15) is 11.6 Å². The highest BCUT2D eigenvalue weighted by Gasteiger charge is 2.29. The maximum Gasteiger partial charge on any atom is 0.203 e. The minimum absolute atomic E-state index is 0.567. The Kier molecular flexibility index (Phi) is 3.58. The van der Waals surface area contributed by atoms with E-state index >= 15 is 0 Å². The second-order valence-electron chi connectivity index (χ2n) is 6.88. The lowest BCUT2D eigenvalue weighted by atomic mass is 10.3. The summed E-state index contributed by atoms with van der Waals surface area (Å²) in [4.78, 5) is 9.07. The molecule has 0 unspecified atom stereocenters. The molecule has 0 atom stereocenters. The fourth-order valence-electron chi connectivity index (χ4n) is 3.51. The Morgan fingerprint density at radius 1 is 1.19 bits per heavy atom. The summed E-state index contributed by atoms with van der Waals surface area (Å²) < 4.78 is 4.34. The number of fused-ring (bicyclic) bond motifs is 2. The molecule has 1 aromatic carbocycles. The molecule has 26 heavy (non-hydrogen) atoms. The summed E-state index contributed by atoms with van der Waals surface area (Å²) in [5.74, 6) is 3.49. The second-order valence-corrected chi connectivity index (χ2v) is 6.88.